The number of nitrogens with one attached hydrogen (secondary N) is 1. The van der Waals surface area contributed by atoms with Crippen LogP contribution >= 0.6 is 11.8 Å². The van der Waals surface area contributed by atoms with Gasteiger partial charge in [-0.3, -0.25) is 10.1 Å². The van der Waals surface area contributed by atoms with Crippen LogP contribution in [-0.2, 0) is 11.2 Å². The fourth-order valence-corrected chi connectivity index (χ4v) is 2.66. The molecule has 0 saturated carbocycles. The second-order valence-electron chi connectivity index (χ2n) is 5.35. The molecule has 0 aliphatic carbocycles. The van der Waals surface area contributed by atoms with Crippen molar-refractivity contribution in [3.8, 4) is 11.5 Å². The molecule has 0 aliphatic heterocycles. The summed E-state index contributed by atoms with van der Waals surface area (Å²) in [4.78, 5) is 13.2. The van der Waals surface area contributed by atoms with Crippen molar-refractivity contribution >= 4 is 23.7 Å². The molecule has 0 radical (unpaired) electrons. The van der Waals surface area contributed by atoms with E-state index in [1.54, 1.807) is 11.8 Å². The van der Waals surface area contributed by atoms with Crippen LogP contribution < -0.4 is 5.32 Å². The number of nitrogens with zero attached hydrogens (tertiary/aromatic N) is 2. The zero-order chi connectivity index (χ0) is 16.9. The number of aromatic nitrogens is 2. The van der Waals surface area contributed by atoms with Crippen molar-refractivity contribution in [1.82, 2.24) is 10.2 Å². The van der Waals surface area contributed by atoms with E-state index < -0.39 is 0 Å². The number of carbonyl (C=O) groups excluding carboxylic acids is 1. The molecule has 1 N–H and O–H groups in total. The van der Waals surface area contributed by atoms with Crippen molar-refractivity contribution in [2.45, 2.75) is 18.2 Å². The quantitative estimate of drug-likeness (QED) is 0.713. The van der Waals surface area contributed by atoms with Crippen molar-refractivity contribution in [2.24, 2.45) is 0 Å². The summed E-state index contributed by atoms with van der Waals surface area (Å²) >= 11 is 1.64. The van der Waals surface area contributed by atoms with Gasteiger partial charge in [-0.2, -0.15) is 0 Å². The Kier molecular flexibility index (Phi) is 4.96. The third-order valence-corrected chi connectivity index (χ3v) is 4.20. The second kappa shape index (κ2) is 7.31. The molecule has 0 saturated heterocycles. The molecule has 1 amide bonds. The van der Waals surface area contributed by atoms with Crippen LogP contribution in [0.15, 0.2) is 57.8 Å². The van der Waals surface area contributed by atoms with Crippen LogP contribution in [0.3, 0.4) is 0 Å². The molecule has 0 unspecified atom stereocenters. The minimum Gasteiger partial charge on any atom is -0.403 e. The average Bonchev–Trinajstić information content (AvgIpc) is 3.05. The molecule has 6 heteroatoms. The molecule has 0 spiro atoms. The summed E-state index contributed by atoms with van der Waals surface area (Å²) in [5.74, 6) is 0.198. The largest absolute Gasteiger partial charge is 0.403 e. The first-order chi connectivity index (χ1) is 11.6. The molecule has 0 fully saturated rings. The van der Waals surface area contributed by atoms with E-state index in [1.165, 1.54) is 0 Å². The van der Waals surface area contributed by atoms with Crippen molar-refractivity contribution in [3.05, 3.63) is 59.7 Å². The Morgan fingerprint density at radius 2 is 1.96 bits per heavy atom. The maximum absolute atomic E-state index is 12.1. The predicted octanol–water partition coefficient (Wildman–Crippen LogP) is 3.95. The minimum absolute atomic E-state index is 0.108. The normalized spacial score (nSPS) is 10.6. The van der Waals surface area contributed by atoms with E-state index >= 15 is 0 Å². The number of thioether (sulfide) groups is 1. The van der Waals surface area contributed by atoms with Gasteiger partial charge in [-0.15, -0.1) is 16.9 Å². The minimum atomic E-state index is -0.188. The lowest BCUT2D eigenvalue weighted by atomic mass is 10.1. The fraction of sp³-hybridized carbons (Fsp3) is 0.167. The number of aryl methyl sites for hydroxylation is 1. The molecule has 3 rings (SSSR count). The molecule has 1 heterocycles. The third kappa shape index (κ3) is 4.02. The van der Waals surface area contributed by atoms with Crippen LogP contribution in [0.2, 0.25) is 0 Å². The van der Waals surface area contributed by atoms with Crippen molar-refractivity contribution in [3.63, 3.8) is 0 Å². The Morgan fingerprint density at radius 3 is 2.71 bits per heavy atom. The number of hydrogen-bond donors (Lipinski definition) is 1. The molecule has 1 aromatic heterocycles. The molecular formula is C18H17N3O2S. The number of amides is 1. The van der Waals surface area contributed by atoms with Crippen LogP contribution in [0.25, 0.3) is 11.5 Å². The number of benzene rings is 2. The van der Waals surface area contributed by atoms with Gasteiger partial charge < -0.3 is 4.42 Å². The van der Waals surface area contributed by atoms with E-state index in [1.807, 2.05) is 61.7 Å². The smallest absolute Gasteiger partial charge is 0.322 e. The van der Waals surface area contributed by atoms with Crippen LogP contribution in [0, 0.1) is 6.92 Å². The summed E-state index contributed by atoms with van der Waals surface area (Å²) in [6, 6.07) is 15.7. The molecule has 0 bridgehead atoms. The lowest BCUT2D eigenvalue weighted by molar-refractivity contribution is -0.115. The van der Waals surface area contributed by atoms with Gasteiger partial charge in [0.05, 0.1) is 6.42 Å². The number of carbonyl (C=O) groups is 1. The van der Waals surface area contributed by atoms with Gasteiger partial charge in [-0.25, -0.2) is 0 Å². The van der Waals surface area contributed by atoms with Gasteiger partial charge in [0.15, 0.2) is 0 Å². The molecule has 122 valence electrons. The van der Waals surface area contributed by atoms with Gasteiger partial charge in [0.1, 0.15) is 0 Å². The Bertz CT molecular complexity index is 843. The zero-order valence-corrected chi connectivity index (χ0v) is 14.3. The highest BCUT2D eigenvalue weighted by atomic mass is 32.2. The summed E-state index contributed by atoms with van der Waals surface area (Å²) in [6.45, 7) is 2.01. The van der Waals surface area contributed by atoms with E-state index in [-0.39, 0.29) is 18.3 Å². The van der Waals surface area contributed by atoms with Crippen LogP contribution in [-0.4, -0.2) is 22.4 Å². The van der Waals surface area contributed by atoms with E-state index in [0.717, 1.165) is 21.6 Å². The maximum atomic E-state index is 12.1. The molecule has 5 nitrogen and oxygen atoms in total. The highest BCUT2D eigenvalue weighted by Crippen LogP contribution is 2.24. The van der Waals surface area contributed by atoms with Gasteiger partial charge in [0, 0.05) is 10.5 Å². The van der Waals surface area contributed by atoms with Gasteiger partial charge in [0.2, 0.25) is 11.8 Å². The standard InChI is InChI=1S/C18H17N3O2S/c1-12-6-8-13(9-7-12)10-16(22)19-18-21-20-17(23-18)14-4-3-5-15(11-14)24-2/h3-9,11H,10H2,1-2H3,(H,19,21,22). The number of rotatable bonds is 5. The van der Waals surface area contributed by atoms with E-state index in [4.69, 9.17) is 4.42 Å². The Labute approximate surface area is 144 Å². The van der Waals surface area contributed by atoms with Crippen LogP contribution in [0.4, 0.5) is 6.01 Å². The molecule has 2 aromatic carbocycles. The molecule has 3 aromatic rings. The summed E-state index contributed by atoms with van der Waals surface area (Å²) in [5.41, 5.74) is 2.92. The van der Waals surface area contributed by atoms with E-state index in [2.05, 4.69) is 15.5 Å². The third-order valence-electron chi connectivity index (χ3n) is 3.47. The summed E-state index contributed by atoms with van der Waals surface area (Å²) in [5, 5.41) is 10.5. The maximum Gasteiger partial charge on any atom is 0.322 e. The highest BCUT2D eigenvalue weighted by Gasteiger charge is 2.12. The molecular weight excluding hydrogens is 322 g/mol. The fourth-order valence-electron chi connectivity index (χ4n) is 2.20. The molecule has 0 atom stereocenters. The lowest BCUT2D eigenvalue weighted by Crippen LogP contribution is -2.14. The monoisotopic (exact) mass is 339 g/mol. The topological polar surface area (TPSA) is 68.0 Å². The van der Waals surface area contributed by atoms with Crippen LogP contribution in [0.1, 0.15) is 11.1 Å². The van der Waals surface area contributed by atoms with Gasteiger partial charge >= 0.3 is 6.01 Å². The average molecular weight is 339 g/mol. The summed E-state index contributed by atoms with van der Waals surface area (Å²) < 4.78 is 5.53. The second-order valence-corrected chi connectivity index (χ2v) is 6.23. The summed E-state index contributed by atoms with van der Waals surface area (Å²) in [7, 11) is 0. The SMILES string of the molecule is CSc1cccc(-c2nnc(NC(=O)Cc3ccc(C)cc3)o2)c1. The Balaban J connectivity index is 1.67. The first-order valence-corrected chi connectivity index (χ1v) is 8.70. The van der Waals surface area contributed by atoms with Gasteiger partial charge in [-0.1, -0.05) is 41.0 Å². The first-order valence-electron chi connectivity index (χ1n) is 7.47. The van der Waals surface area contributed by atoms with Crippen molar-refractivity contribution in [1.29, 1.82) is 0 Å². The first kappa shape index (κ1) is 16.3. The highest BCUT2D eigenvalue weighted by molar-refractivity contribution is 7.98. The Hall–Kier alpha value is -2.60. The number of anilines is 1. The molecule has 24 heavy (non-hydrogen) atoms. The Morgan fingerprint density at radius 1 is 1.17 bits per heavy atom. The summed E-state index contributed by atoms with van der Waals surface area (Å²) in [6.07, 6.45) is 2.27. The molecule has 0 aliphatic rings. The zero-order valence-electron chi connectivity index (χ0n) is 13.4. The predicted molar refractivity (Wildman–Crippen MR) is 95.0 cm³/mol. The van der Waals surface area contributed by atoms with Gasteiger partial charge in [0.25, 0.3) is 0 Å². The van der Waals surface area contributed by atoms with Crippen molar-refractivity contribution < 1.29 is 9.21 Å². The van der Waals surface area contributed by atoms with Gasteiger partial charge in [-0.05, 0) is 36.9 Å². The van der Waals surface area contributed by atoms with Crippen LogP contribution in [0.5, 0.6) is 0 Å². The van der Waals surface area contributed by atoms with Crippen molar-refractivity contribution in [2.75, 3.05) is 11.6 Å². The number of hydrogen-bond acceptors (Lipinski definition) is 5. The van der Waals surface area contributed by atoms with E-state index in [0.29, 0.717) is 5.89 Å². The lowest BCUT2D eigenvalue weighted by Gasteiger charge is -2.02. The van der Waals surface area contributed by atoms with E-state index in [9.17, 15) is 4.79 Å².